The topological polar surface area (TPSA) is 81.0 Å². The fraction of sp³-hybridized carbons (Fsp3) is 0.438. The van der Waals surface area contributed by atoms with Gasteiger partial charge in [0, 0.05) is 12.5 Å². The van der Waals surface area contributed by atoms with Crippen LogP contribution in [0.4, 0.5) is 18.3 Å². The van der Waals surface area contributed by atoms with Gasteiger partial charge in [-0.25, -0.2) is 4.98 Å². The minimum Gasteiger partial charge on any atom is -0.481 e. The summed E-state index contributed by atoms with van der Waals surface area (Å²) in [4.78, 5) is 19.2. The molecular formula is C16H17F3N2O4S. The molecule has 0 saturated heterocycles. The molecule has 2 aromatic rings. The lowest BCUT2D eigenvalue weighted by molar-refractivity contribution is -0.274. The zero-order chi connectivity index (χ0) is 19.5. The summed E-state index contributed by atoms with van der Waals surface area (Å²) in [7, 11) is 0. The fourth-order valence-corrected chi connectivity index (χ4v) is 2.82. The summed E-state index contributed by atoms with van der Waals surface area (Å²) in [5, 5.41) is 9.09. The van der Waals surface area contributed by atoms with Gasteiger partial charge >= 0.3 is 12.3 Å². The number of rotatable bonds is 5. The predicted molar refractivity (Wildman–Crippen MR) is 91.1 cm³/mol. The van der Waals surface area contributed by atoms with Crippen LogP contribution < -0.4 is 4.74 Å². The zero-order valence-corrected chi connectivity index (χ0v) is 15.1. The molecule has 0 amide bonds. The minimum absolute atomic E-state index is 0.0744. The van der Waals surface area contributed by atoms with Crippen LogP contribution in [0.2, 0.25) is 0 Å². The first kappa shape index (κ1) is 20.0. The molecule has 0 atom stereocenters. The zero-order valence-electron chi connectivity index (χ0n) is 14.3. The summed E-state index contributed by atoms with van der Waals surface area (Å²) < 4.78 is 46.9. The van der Waals surface area contributed by atoms with Crippen LogP contribution >= 0.6 is 11.3 Å². The Morgan fingerprint density at radius 1 is 1.27 bits per heavy atom. The van der Waals surface area contributed by atoms with Gasteiger partial charge in [0.1, 0.15) is 11.4 Å². The van der Waals surface area contributed by atoms with Gasteiger partial charge in [0.25, 0.3) is 0 Å². The summed E-state index contributed by atoms with van der Waals surface area (Å²) in [5.74, 6) is -1.14. The number of aromatic nitrogens is 1. The van der Waals surface area contributed by atoms with Crippen LogP contribution in [0.1, 0.15) is 33.6 Å². The maximum Gasteiger partial charge on any atom is 0.573 e. The Balaban J connectivity index is 2.30. The minimum atomic E-state index is -4.77. The number of ether oxygens (including phenoxy) is 2. The molecule has 0 saturated carbocycles. The molecule has 1 aromatic carbocycles. The number of aliphatic carboxylic acids is 1. The Labute approximate surface area is 151 Å². The highest BCUT2D eigenvalue weighted by Gasteiger charge is 2.31. The first-order chi connectivity index (χ1) is 11.9. The van der Waals surface area contributed by atoms with Crippen LogP contribution in [-0.2, 0) is 9.53 Å². The van der Waals surface area contributed by atoms with Crippen molar-refractivity contribution in [3.63, 3.8) is 0 Å². The number of nitrogens with zero attached hydrogens (tertiary/aromatic N) is 2. The SMILES string of the molecule is CC(C)(C)OC(CCC(=O)O)=Nc1nc2ccc(OC(F)(F)F)cc2s1. The van der Waals surface area contributed by atoms with Crippen LogP contribution in [0.15, 0.2) is 23.2 Å². The second kappa shape index (κ2) is 7.48. The maximum absolute atomic E-state index is 12.3. The molecule has 0 aliphatic carbocycles. The number of carbonyl (C=O) groups is 1. The van der Waals surface area contributed by atoms with E-state index in [1.807, 2.05) is 0 Å². The Kier molecular flexibility index (Phi) is 5.74. The number of halogens is 3. The number of aliphatic imine (C=N–C) groups is 1. The van der Waals surface area contributed by atoms with Crippen molar-refractivity contribution >= 4 is 38.6 Å². The Morgan fingerprint density at radius 2 is 1.96 bits per heavy atom. The quantitative estimate of drug-likeness (QED) is 0.580. The summed E-state index contributed by atoms with van der Waals surface area (Å²) in [6.45, 7) is 5.38. The molecule has 0 spiro atoms. The molecule has 10 heteroatoms. The van der Waals surface area contributed by atoms with Gasteiger partial charge in [-0.3, -0.25) is 4.79 Å². The standard InChI is InChI=1S/C16H17F3N2O4S/c1-15(2,3)25-12(6-7-13(22)23)21-14-20-10-5-4-9(8-11(10)26-14)24-16(17,18)19/h4-5,8H,6-7H2,1-3H3,(H,22,23). The number of benzene rings is 1. The number of alkyl halides is 3. The monoisotopic (exact) mass is 390 g/mol. The summed E-state index contributed by atoms with van der Waals surface area (Å²) in [6.07, 6.45) is -4.86. The molecule has 0 radical (unpaired) electrons. The number of carboxylic acid groups (broad SMARTS) is 1. The largest absolute Gasteiger partial charge is 0.573 e. The summed E-state index contributed by atoms with van der Waals surface area (Å²) in [6, 6.07) is 3.79. The highest BCUT2D eigenvalue weighted by Crippen LogP contribution is 2.33. The lowest BCUT2D eigenvalue weighted by atomic mass is 10.2. The third-order valence-electron chi connectivity index (χ3n) is 2.78. The van der Waals surface area contributed by atoms with Crippen LogP contribution in [0.5, 0.6) is 5.75 Å². The molecule has 1 aromatic heterocycles. The number of hydrogen-bond acceptors (Lipinski definition) is 6. The smallest absolute Gasteiger partial charge is 0.481 e. The Morgan fingerprint density at radius 3 is 2.54 bits per heavy atom. The van der Waals surface area contributed by atoms with Gasteiger partial charge in [-0.05, 0) is 32.9 Å². The highest BCUT2D eigenvalue weighted by molar-refractivity contribution is 7.22. The van der Waals surface area contributed by atoms with Crippen LogP contribution in [0.3, 0.4) is 0 Å². The third kappa shape index (κ3) is 6.51. The van der Waals surface area contributed by atoms with Gasteiger partial charge in [0.15, 0.2) is 5.90 Å². The molecule has 6 nitrogen and oxygen atoms in total. The first-order valence-electron chi connectivity index (χ1n) is 7.56. The van der Waals surface area contributed by atoms with Crippen LogP contribution in [-0.4, -0.2) is 33.9 Å². The lowest BCUT2D eigenvalue weighted by Gasteiger charge is -2.21. The highest BCUT2D eigenvalue weighted by atomic mass is 32.1. The summed E-state index contributed by atoms with van der Waals surface area (Å²) >= 11 is 1.05. The van der Waals surface area contributed by atoms with E-state index in [2.05, 4.69) is 14.7 Å². The van der Waals surface area contributed by atoms with Gasteiger partial charge in [-0.1, -0.05) is 11.3 Å². The average molecular weight is 390 g/mol. The Bertz CT molecular complexity index is 825. The van der Waals surface area contributed by atoms with Gasteiger partial charge in [0.2, 0.25) is 5.13 Å². The van der Waals surface area contributed by atoms with E-state index in [-0.39, 0.29) is 29.6 Å². The molecule has 0 unspecified atom stereocenters. The summed E-state index contributed by atoms with van der Waals surface area (Å²) in [5.41, 5.74) is -0.126. The number of thiazole rings is 1. The third-order valence-corrected chi connectivity index (χ3v) is 3.69. The molecular weight excluding hydrogens is 373 g/mol. The maximum atomic E-state index is 12.3. The van der Waals surface area contributed by atoms with Crippen LogP contribution in [0, 0.1) is 0 Å². The van der Waals surface area contributed by atoms with Crippen molar-refractivity contribution in [3.05, 3.63) is 18.2 Å². The van der Waals surface area contributed by atoms with E-state index in [1.165, 1.54) is 18.2 Å². The van der Waals surface area contributed by atoms with Crippen molar-refractivity contribution in [2.45, 2.75) is 45.6 Å². The van der Waals surface area contributed by atoms with Crippen molar-refractivity contribution < 1.29 is 32.5 Å². The molecule has 0 fully saturated rings. The molecule has 2 rings (SSSR count). The molecule has 1 N–H and O–H groups in total. The number of fused-ring (bicyclic) bond motifs is 1. The predicted octanol–water partition coefficient (Wildman–Crippen LogP) is 4.90. The van der Waals surface area contributed by atoms with E-state index in [0.29, 0.717) is 10.2 Å². The molecule has 1 heterocycles. The van der Waals surface area contributed by atoms with Gasteiger partial charge in [0.05, 0.1) is 16.6 Å². The molecule has 0 aliphatic heterocycles. The van der Waals surface area contributed by atoms with Gasteiger partial charge in [-0.15, -0.1) is 13.2 Å². The Hall–Kier alpha value is -2.36. The van der Waals surface area contributed by atoms with Crippen molar-refractivity contribution in [2.75, 3.05) is 0 Å². The van der Waals surface area contributed by atoms with Crippen LogP contribution in [0.25, 0.3) is 10.2 Å². The number of hydrogen-bond donors (Lipinski definition) is 1. The van der Waals surface area contributed by atoms with E-state index in [0.717, 1.165) is 11.3 Å². The van der Waals surface area contributed by atoms with E-state index < -0.39 is 17.9 Å². The average Bonchev–Trinajstić information content (AvgIpc) is 2.82. The van der Waals surface area contributed by atoms with E-state index in [4.69, 9.17) is 9.84 Å². The van der Waals surface area contributed by atoms with E-state index in [9.17, 15) is 18.0 Å². The number of carboxylic acids is 1. The van der Waals surface area contributed by atoms with Gasteiger partial charge in [-0.2, -0.15) is 4.99 Å². The molecule has 0 aliphatic rings. The second-order valence-corrected chi connectivity index (χ2v) is 7.30. The van der Waals surface area contributed by atoms with Crippen molar-refractivity contribution in [1.82, 2.24) is 4.98 Å². The van der Waals surface area contributed by atoms with E-state index >= 15 is 0 Å². The van der Waals surface area contributed by atoms with Gasteiger partial charge < -0.3 is 14.6 Å². The molecule has 0 bridgehead atoms. The van der Waals surface area contributed by atoms with Crippen molar-refractivity contribution in [2.24, 2.45) is 4.99 Å². The lowest BCUT2D eigenvalue weighted by Crippen LogP contribution is -2.24. The van der Waals surface area contributed by atoms with E-state index in [1.54, 1.807) is 20.8 Å². The first-order valence-corrected chi connectivity index (χ1v) is 8.38. The molecule has 142 valence electrons. The second-order valence-electron chi connectivity index (χ2n) is 6.29. The van der Waals surface area contributed by atoms with Crippen molar-refractivity contribution in [3.8, 4) is 5.75 Å². The normalized spacial score (nSPS) is 13.1. The molecule has 26 heavy (non-hydrogen) atoms. The van der Waals surface area contributed by atoms with Crippen molar-refractivity contribution in [1.29, 1.82) is 0 Å². The fourth-order valence-electron chi connectivity index (χ4n) is 1.94.